The first-order valence-electron chi connectivity index (χ1n) is 11.5. The highest BCUT2D eigenvalue weighted by atomic mass is 79.9. The Kier molecular flexibility index (Phi) is 6.84. The average Bonchev–Trinajstić information content (AvgIpc) is 3.30. The lowest BCUT2D eigenvalue weighted by atomic mass is 9.96. The van der Waals surface area contributed by atoms with Crippen molar-refractivity contribution in [2.24, 2.45) is 5.10 Å². The van der Waals surface area contributed by atoms with Gasteiger partial charge in [-0.25, -0.2) is 5.01 Å². The zero-order valence-electron chi connectivity index (χ0n) is 19.1. The molecule has 5 rings (SSSR count). The Labute approximate surface area is 217 Å². The zero-order chi connectivity index (χ0) is 23.7. The SMILES string of the molecule is CCCCOc1ccc([C@H]2Oc3c(Br)cc(Br)cc3[C@H]3CC(c4ccccc4)=NN32)cc1OC. The summed E-state index contributed by atoms with van der Waals surface area (Å²) in [4.78, 5) is 0. The summed E-state index contributed by atoms with van der Waals surface area (Å²) in [6.45, 7) is 2.82. The molecule has 0 N–H and O–H groups in total. The summed E-state index contributed by atoms with van der Waals surface area (Å²) in [5.41, 5.74) is 4.25. The highest BCUT2D eigenvalue weighted by molar-refractivity contribution is 9.11. The average molecular weight is 586 g/mol. The maximum absolute atomic E-state index is 6.59. The molecule has 0 amide bonds. The van der Waals surface area contributed by atoms with Crippen LogP contribution in [0.1, 0.15) is 55.1 Å². The van der Waals surface area contributed by atoms with Gasteiger partial charge in [0.05, 0.1) is 29.9 Å². The lowest BCUT2D eigenvalue weighted by molar-refractivity contribution is -0.0198. The maximum Gasteiger partial charge on any atom is 0.214 e. The van der Waals surface area contributed by atoms with E-state index in [-0.39, 0.29) is 6.04 Å². The van der Waals surface area contributed by atoms with E-state index in [0.717, 1.165) is 62.1 Å². The molecule has 176 valence electrons. The number of unbranched alkanes of at least 4 members (excludes halogenated alkanes) is 1. The normalized spacial score (nSPS) is 18.6. The highest BCUT2D eigenvalue weighted by Gasteiger charge is 2.42. The number of rotatable bonds is 7. The van der Waals surface area contributed by atoms with Gasteiger partial charge in [-0.1, -0.05) is 59.6 Å². The van der Waals surface area contributed by atoms with E-state index in [1.165, 1.54) is 0 Å². The minimum Gasteiger partial charge on any atom is -0.493 e. The molecule has 5 nitrogen and oxygen atoms in total. The van der Waals surface area contributed by atoms with Crippen LogP contribution in [0.4, 0.5) is 0 Å². The van der Waals surface area contributed by atoms with Crippen molar-refractivity contribution in [2.45, 2.75) is 38.5 Å². The molecule has 0 saturated carbocycles. The zero-order valence-corrected chi connectivity index (χ0v) is 22.3. The van der Waals surface area contributed by atoms with Crippen molar-refractivity contribution < 1.29 is 14.2 Å². The molecule has 3 aromatic carbocycles. The molecule has 2 heterocycles. The molecule has 0 aromatic heterocycles. The molecule has 0 radical (unpaired) electrons. The van der Waals surface area contributed by atoms with Gasteiger partial charge in [-0.05, 0) is 58.2 Å². The van der Waals surface area contributed by atoms with E-state index in [0.29, 0.717) is 12.4 Å². The van der Waals surface area contributed by atoms with Gasteiger partial charge in [0.1, 0.15) is 5.75 Å². The maximum atomic E-state index is 6.59. The first-order chi connectivity index (χ1) is 16.6. The number of fused-ring (bicyclic) bond motifs is 3. The Morgan fingerprint density at radius 1 is 1.06 bits per heavy atom. The number of nitrogens with zero attached hydrogens (tertiary/aromatic N) is 2. The molecule has 2 aliphatic heterocycles. The molecule has 0 bridgehead atoms. The molecule has 0 spiro atoms. The van der Waals surface area contributed by atoms with Crippen LogP contribution in [0.15, 0.2) is 74.7 Å². The Hall–Kier alpha value is -2.51. The Balaban J connectivity index is 1.55. The van der Waals surface area contributed by atoms with E-state index < -0.39 is 6.23 Å². The van der Waals surface area contributed by atoms with Crippen molar-refractivity contribution in [3.8, 4) is 17.2 Å². The number of hydrogen-bond acceptors (Lipinski definition) is 5. The number of methoxy groups -OCH3 is 1. The van der Waals surface area contributed by atoms with Crippen LogP contribution in [0.5, 0.6) is 17.2 Å². The van der Waals surface area contributed by atoms with Gasteiger partial charge in [-0.2, -0.15) is 5.10 Å². The quantitative estimate of drug-likeness (QED) is 0.267. The van der Waals surface area contributed by atoms with Gasteiger partial charge in [-0.3, -0.25) is 0 Å². The van der Waals surface area contributed by atoms with Gasteiger partial charge in [0, 0.05) is 22.0 Å². The first kappa shape index (κ1) is 23.2. The summed E-state index contributed by atoms with van der Waals surface area (Å²) in [5.74, 6) is 2.29. The van der Waals surface area contributed by atoms with Gasteiger partial charge in [-0.15, -0.1) is 0 Å². The van der Waals surface area contributed by atoms with E-state index in [1.54, 1.807) is 7.11 Å². The second kappa shape index (κ2) is 10.0. The first-order valence-corrected chi connectivity index (χ1v) is 13.0. The highest BCUT2D eigenvalue weighted by Crippen LogP contribution is 2.51. The molecule has 0 unspecified atom stereocenters. The van der Waals surface area contributed by atoms with E-state index in [1.807, 2.05) is 42.5 Å². The van der Waals surface area contributed by atoms with Crippen molar-refractivity contribution in [3.05, 3.63) is 86.3 Å². The van der Waals surface area contributed by atoms with Crippen molar-refractivity contribution in [3.63, 3.8) is 0 Å². The van der Waals surface area contributed by atoms with Crippen molar-refractivity contribution in [1.82, 2.24) is 5.01 Å². The molecule has 2 atom stereocenters. The van der Waals surface area contributed by atoms with Gasteiger partial charge >= 0.3 is 0 Å². The Morgan fingerprint density at radius 2 is 1.88 bits per heavy atom. The molecule has 7 heteroatoms. The Bertz CT molecular complexity index is 1220. The molecule has 34 heavy (non-hydrogen) atoms. The van der Waals surface area contributed by atoms with E-state index in [2.05, 4.69) is 62.0 Å². The lowest BCUT2D eigenvalue weighted by Crippen LogP contribution is -2.34. The second-order valence-electron chi connectivity index (χ2n) is 8.40. The predicted molar refractivity (Wildman–Crippen MR) is 141 cm³/mol. The summed E-state index contributed by atoms with van der Waals surface area (Å²) in [6, 6.07) is 20.5. The fraction of sp³-hybridized carbons (Fsp3) is 0.296. The lowest BCUT2D eigenvalue weighted by Gasteiger charge is -2.38. The summed E-state index contributed by atoms with van der Waals surface area (Å²) in [6.07, 6.45) is 2.49. The smallest absolute Gasteiger partial charge is 0.214 e. The summed E-state index contributed by atoms with van der Waals surface area (Å²) < 4.78 is 20.1. The fourth-order valence-corrected chi connectivity index (χ4v) is 5.77. The molecular weight excluding hydrogens is 560 g/mol. The number of hydrazone groups is 1. The topological polar surface area (TPSA) is 43.3 Å². The third-order valence-corrected chi connectivity index (χ3v) is 7.19. The fourth-order valence-electron chi connectivity index (χ4n) is 4.42. The summed E-state index contributed by atoms with van der Waals surface area (Å²) in [5, 5.41) is 7.14. The van der Waals surface area contributed by atoms with Crippen LogP contribution in [0, 0.1) is 0 Å². The van der Waals surface area contributed by atoms with E-state index in [4.69, 9.17) is 19.3 Å². The van der Waals surface area contributed by atoms with Gasteiger partial charge in [0.25, 0.3) is 0 Å². The number of hydrogen-bond donors (Lipinski definition) is 0. The van der Waals surface area contributed by atoms with Crippen molar-refractivity contribution >= 4 is 37.6 Å². The van der Waals surface area contributed by atoms with Crippen LogP contribution in [0.3, 0.4) is 0 Å². The number of halogens is 2. The van der Waals surface area contributed by atoms with Crippen molar-refractivity contribution in [1.29, 1.82) is 0 Å². The molecular formula is C27H26Br2N2O3. The molecule has 0 aliphatic carbocycles. The minimum absolute atomic E-state index is 0.0595. The molecule has 3 aromatic rings. The number of benzene rings is 3. The third kappa shape index (κ3) is 4.43. The van der Waals surface area contributed by atoms with Gasteiger partial charge in [0.2, 0.25) is 6.23 Å². The van der Waals surface area contributed by atoms with Crippen LogP contribution in [0.2, 0.25) is 0 Å². The predicted octanol–water partition coefficient (Wildman–Crippen LogP) is 7.64. The molecule has 0 fully saturated rings. The summed E-state index contributed by atoms with van der Waals surface area (Å²) >= 11 is 7.35. The van der Waals surface area contributed by atoms with Crippen LogP contribution in [-0.2, 0) is 0 Å². The van der Waals surface area contributed by atoms with Crippen LogP contribution < -0.4 is 14.2 Å². The molecule has 2 aliphatic rings. The monoisotopic (exact) mass is 584 g/mol. The Morgan fingerprint density at radius 3 is 2.65 bits per heavy atom. The molecule has 0 saturated heterocycles. The van der Waals surface area contributed by atoms with Crippen molar-refractivity contribution in [2.75, 3.05) is 13.7 Å². The largest absolute Gasteiger partial charge is 0.493 e. The van der Waals surface area contributed by atoms with Crippen LogP contribution >= 0.6 is 31.9 Å². The van der Waals surface area contributed by atoms with E-state index in [9.17, 15) is 0 Å². The second-order valence-corrected chi connectivity index (χ2v) is 10.2. The standard InChI is InChI=1S/C27H26Br2N2O3/c1-3-4-12-33-24-11-10-18(13-25(24)32-2)27-31-23(16-22(30-31)17-8-6-5-7-9-17)20-14-19(28)15-21(29)26(20)34-27/h5-11,13-15,23,27H,3-4,12,16H2,1-2H3/t23-,27-/m1/s1. The van der Waals surface area contributed by atoms with Gasteiger partial charge in [0.15, 0.2) is 11.5 Å². The number of ether oxygens (including phenoxy) is 3. The third-order valence-electron chi connectivity index (χ3n) is 6.14. The summed E-state index contributed by atoms with van der Waals surface area (Å²) in [7, 11) is 1.67. The van der Waals surface area contributed by atoms with Gasteiger partial charge < -0.3 is 14.2 Å². The minimum atomic E-state index is -0.394. The van der Waals surface area contributed by atoms with Crippen LogP contribution in [0.25, 0.3) is 0 Å². The van der Waals surface area contributed by atoms with Crippen LogP contribution in [-0.4, -0.2) is 24.4 Å². The van der Waals surface area contributed by atoms with E-state index >= 15 is 0 Å².